The number of aryl methyl sites for hydroxylation is 3. The fraction of sp³-hybridized carbons (Fsp3) is 0.231. The number of hydrogen-bond acceptors (Lipinski definition) is 6. The van der Waals surface area contributed by atoms with Crippen molar-refractivity contribution >= 4 is 68.6 Å². The Bertz CT molecular complexity index is 1540. The van der Waals surface area contributed by atoms with Crippen LogP contribution >= 0.6 is 46.3 Å². The molecule has 36 heavy (non-hydrogen) atoms. The molecule has 0 unspecified atom stereocenters. The molecule has 4 aromatic rings. The number of thiophene rings is 1. The van der Waals surface area contributed by atoms with Crippen LogP contribution in [0.1, 0.15) is 34.4 Å². The number of nitrogens with zero attached hydrogens (tertiary/aromatic N) is 3. The molecule has 0 spiro atoms. The normalized spacial score (nSPS) is 13.3. The molecule has 2 heterocycles. The van der Waals surface area contributed by atoms with Crippen molar-refractivity contribution in [1.29, 1.82) is 0 Å². The second kappa shape index (κ2) is 10.8. The van der Waals surface area contributed by atoms with Crippen LogP contribution in [0, 0.1) is 6.92 Å². The second-order valence-electron chi connectivity index (χ2n) is 8.51. The molecule has 0 atom stereocenters. The zero-order valence-electron chi connectivity index (χ0n) is 19.4. The lowest BCUT2D eigenvalue weighted by atomic mass is 9.97. The highest BCUT2D eigenvalue weighted by molar-refractivity contribution is 7.99. The van der Waals surface area contributed by atoms with Crippen LogP contribution in [-0.2, 0) is 17.6 Å². The summed E-state index contributed by atoms with van der Waals surface area (Å²) in [6.07, 6.45) is 5.58. The van der Waals surface area contributed by atoms with Crippen LogP contribution < -0.4 is 11.0 Å². The molecule has 0 saturated carbocycles. The molecule has 1 N–H and O–H groups in total. The fourth-order valence-electron chi connectivity index (χ4n) is 4.15. The summed E-state index contributed by atoms with van der Waals surface area (Å²) in [5, 5.41) is 6.15. The van der Waals surface area contributed by atoms with Gasteiger partial charge in [-0.3, -0.25) is 14.2 Å². The highest BCUT2D eigenvalue weighted by Crippen LogP contribution is 2.35. The molecule has 1 amide bonds. The van der Waals surface area contributed by atoms with E-state index in [0.29, 0.717) is 26.2 Å². The largest absolute Gasteiger partial charge is 0.272 e. The van der Waals surface area contributed by atoms with Gasteiger partial charge in [-0.2, -0.15) is 5.10 Å². The molecule has 0 fully saturated rings. The molecule has 5 rings (SSSR count). The van der Waals surface area contributed by atoms with Gasteiger partial charge in [-0.1, -0.05) is 58.7 Å². The minimum absolute atomic E-state index is 0.0422. The van der Waals surface area contributed by atoms with Gasteiger partial charge >= 0.3 is 0 Å². The van der Waals surface area contributed by atoms with Crippen molar-refractivity contribution in [1.82, 2.24) is 15.0 Å². The number of carbonyl (C=O) groups is 1. The van der Waals surface area contributed by atoms with Gasteiger partial charge in [-0.05, 0) is 62.4 Å². The van der Waals surface area contributed by atoms with Crippen molar-refractivity contribution < 1.29 is 4.79 Å². The Morgan fingerprint density at radius 3 is 2.75 bits per heavy atom. The van der Waals surface area contributed by atoms with Crippen LogP contribution in [0.4, 0.5) is 0 Å². The summed E-state index contributed by atoms with van der Waals surface area (Å²) in [7, 11) is 0. The fourth-order valence-corrected chi connectivity index (χ4v) is 6.71. The smallest absolute Gasteiger partial charge is 0.267 e. The number of hydrogen-bond donors (Lipinski definition) is 1. The average molecular weight is 558 g/mol. The quantitative estimate of drug-likeness (QED) is 0.133. The lowest BCUT2D eigenvalue weighted by Crippen LogP contribution is -2.24. The van der Waals surface area contributed by atoms with Gasteiger partial charge in [0, 0.05) is 15.5 Å². The molecule has 184 valence electrons. The van der Waals surface area contributed by atoms with Crippen LogP contribution in [0.25, 0.3) is 15.9 Å². The molecule has 0 saturated heterocycles. The number of nitrogens with one attached hydrogen (secondary N) is 1. The minimum Gasteiger partial charge on any atom is -0.272 e. The summed E-state index contributed by atoms with van der Waals surface area (Å²) in [5.74, 6) is -0.280. The van der Waals surface area contributed by atoms with E-state index in [-0.39, 0.29) is 17.2 Å². The van der Waals surface area contributed by atoms with E-state index in [1.807, 2.05) is 31.2 Å². The number of aromatic nitrogens is 2. The Morgan fingerprint density at radius 2 is 1.97 bits per heavy atom. The van der Waals surface area contributed by atoms with Gasteiger partial charge in [0.05, 0.1) is 28.1 Å². The first-order valence-corrected chi connectivity index (χ1v) is 14.0. The van der Waals surface area contributed by atoms with E-state index >= 15 is 0 Å². The first-order chi connectivity index (χ1) is 17.4. The van der Waals surface area contributed by atoms with Gasteiger partial charge in [0.15, 0.2) is 5.16 Å². The second-order valence-corrected chi connectivity index (χ2v) is 11.4. The van der Waals surface area contributed by atoms with Crippen molar-refractivity contribution in [2.24, 2.45) is 5.10 Å². The predicted molar refractivity (Wildman–Crippen MR) is 150 cm³/mol. The highest BCUT2D eigenvalue weighted by Gasteiger charge is 2.23. The van der Waals surface area contributed by atoms with Crippen molar-refractivity contribution in [3.8, 4) is 5.69 Å². The third-order valence-corrected chi connectivity index (χ3v) is 8.62. The maximum absolute atomic E-state index is 13.8. The lowest BCUT2D eigenvalue weighted by molar-refractivity contribution is -0.118. The Hall–Kier alpha value is -2.65. The summed E-state index contributed by atoms with van der Waals surface area (Å²) in [6.45, 7) is 2.00. The zero-order valence-corrected chi connectivity index (χ0v) is 22.5. The number of thioether (sulfide) groups is 1. The Kier molecular flexibility index (Phi) is 7.48. The van der Waals surface area contributed by atoms with Crippen LogP contribution in [0.3, 0.4) is 0 Å². The molecule has 0 aliphatic heterocycles. The summed E-state index contributed by atoms with van der Waals surface area (Å²) in [5.41, 5.74) is 6.03. The maximum Gasteiger partial charge on any atom is 0.267 e. The number of carbonyl (C=O) groups excluding carboxylic acids is 1. The first-order valence-electron chi connectivity index (χ1n) is 11.4. The number of fused-ring (bicyclic) bond motifs is 3. The van der Waals surface area contributed by atoms with E-state index in [2.05, 4.69) is 10.5 Å². The van der Waals surface area contributed by atoms with Crippen molar-refractivity contribution in [3.05, 3.63) is 84.4 Å². The molecule has 1 aliphatic rings. The van der Waals surface area contributed by atoms with Crippen molar-refractivity contribution in [3.63, 3.8) is 0 Å². The first kappa shape index (κ1) is 25.0. The third kappa shape index (κ3) is 5.22. The van der Waals surface area contributed by atoms with E-state index < -0.39 is 0 Å². The molecule has 0 radical (unpaired) electrons. The van der Waals surface area contributed by atoms with E-state index in [4.69, 9.17) is 28.2 Å². The molecule has 1 aliphatic carbocycles. The maximum atomic E-state index is 13.8. The van der Waals surface area contributed by atoms with Gasteiger partial charge in [0.25, 0.3) is 11.5 Å². The highest BCUT2D eigenvalue weighted by atomic mass is 35.5. The van der Waals surface area contributed by atoms with Crippen LogP contribution in [0.2, 0.25) is 10.0 Å². The van der Waals surface area contributed by atoms with Gasteiger partial charge in [0.1, 0.15) is 4.83 Å². The van der Waals surface area contributed by atoms with Gasteiger partial charge in [-0.25, -0.2) is 10.4 Å². The molecule has 2 aromatic carbocycles. The zero-order chi connectivity index (χ0) is 25.2. The van der Waals surface area contributed by atoms with Gasteiger partial charge in [0.2, 0.25) is 0 Å². The molecular formula is C26H22Cl2N4O2S2. The average Bonchev–Trinajstić information content (AvgIpc) is 3.23. The molecule has 6 nitrogen and oxygen atoms in total. The van der Waals surface area contributed by atoms with Gasteiger partial charge < -0.3 is 0 Å². The Balaban J connectivity index is 1.42. The number of benzene rings is 2. The summed E-state index contributed by atoms with van der Waals surface area (Å²) in [4.78, 5) is 33.2. The van der Waals surface area contributed by atoms with E-state index in [0.717, 1.165) is 47.3 Å². The predicted octanol–water partition coefficient (Wildman–Crippen LogP) is 6.18. The molecule has 10 heteroatoms. The number of hydrazone groups is 1. The van der Waals surface area contributed by atoms with Crippen molar-refractivity contribution in [2.75, 3.05) is 5.75 Å². The lowest BCUT2D eigenvalue weighted by Gasteiger charge is -2.13. The third-order valence-electron chi connectivity index (χ3n) is 5.94. The van der Waals surface area contributed by atoms with Crippen LogP contribution in [0.5, 0.6) is 0 Å². The Labute approximate surface area is 226 Å². The van der Waals surface area contributed by atoms with Crippen LogP contribution in [0.15, 0.2) is 57.5 Å². The summed E-state index contributed by atoms with van der Waals surface area (Å²) >= 11 is 14.9. The number of rotatable bonds is 6. The standard InChI is InChI=1S/C26H22Cl2N4O2S2/c1-15-6-10-18(11-7-15)32-25(34)23-19-4-2-3-5-21(19)36-24(23)30-26(32)35-14-22(33)31-29-13-16-8-9-17(27)12-20(16)28/h6-13H,2-5,14H2,1H3,(H,31,33)/b29-13+. The summed E-state index contributed by atoms with van der Waals surface area (Å²) in [6, 6.07) is 12.8. The SMILES string of the molecule is Cc1ccc(-n2c(SCC(=O)N/N=C/c3ccc(Cl)cc3Cl)nc3sc4c(c3c2=O)CCCC4)cc1. The Morgan fingerprint density at radius 1 is 1.19 bits per heavy atom. The van der Waals surface area contributed by atoms with E-state index in [1.165, 1.54) is 22.9 Å². The summed E-state index contributed by atoms with van der Waals surface area (Å²) < 4.78 is 1.62. The van der Waals surface area contributed by atoms with Crippen LogP contribution in [-0.4, -0.2) is 27.4 Å². The molecular weight excluding hydrogens is 535 g/mol. The van der Waals surface area contributed by atoms with E-state index in [9.17, 15) is 9.59 Å². The number of halogens is 2. The molecule has 2 aromatic heterocycles. The monoisotopic (exact) mass is 556 g/mol. The van der Waals surface area contributed by atoms with Gasteiger partial charge in [-0.15, -0.1) is 11.3 Å². The number of amides is 1. The minimum atomic E-state index is -0.323. The molecule has 0 bridgehead atoms. The van der Waals surface area contributed by atoms with Crippen molar-refractivity contribution in [2.45, 2.75) is 37.8 Å². The topological polar surface area (TPSA) is 76.3 Å². The van der Waals surface area contributed by atoms with E-state index in [1.54, 1.807) is 34.1 Å².